The Labute approximate surface area is 170 Å². The van der Waals surface area contributed by atoms with E-state index in [1.54, 1.807) is 18.2 Å². The van der Waals surface area contributed by atoms with Crippen molar-refractivity contribution in [2.75, 3.05) is 6.61 Å². The zero-order valence-corrected chi connectivity index (χ0v) is 16.1. The molecule has 1 aromatic heterocycles. The highest BCUT2D eigenvalue weighted by molar-refractivity contribution is 5.69. The molecule has 0 bridgehead atoms. The predicted octanol–water partition coefficient (Wildman–Crippen LogP) is 5.61. The van der Waals surface area contributed by atoms with Gasteiger partial charge in [0.25, 0.3) is 0 Å². The summed E-state index contributed by atoms with van der Waals surface area (Å²) in [7, 11) is 0. The van der Waals surface area contributed by atoms with Crippen LogP contribution in [-0.2, 0) is 6.42 Å². The van der Waals surface area contributed by atoms with E-state index in [0.717, 1.165) is 28.1 Å². The van der Waals surface area contributed by atoms with Crippen molar-refractivity contribution in [1.82, 2.24) is 4.98 Å². The van der Waals surface area contributed by atoms with Gasteiger partial charge in [0.15, 0.2) is 0 Å². The number of nitrogens with zero attached hydrogens (tertiary/aromatic N) is 2. The SMILES string of the molecule is Cc1oc(-c2cccc(-c3ccccc3)c2)nc1CCOc1[c]c(C#N)ccc1. The number of aryl methyl sites for hydroxylation is 1. The third kappa shape index (κ3) is 4.36. The van der Waals surface area contributed by atoms with Crippen molar-refractivity contribution in [1.29, 1.82) is 5.26 Å². The van der Waals surface area contributed by atoms with Gasteiger partial charge in [-0.05, 0) is 42.3 Å². The van der Waals surface area contributed by atoms with Gasteiger partial charge >= 0.3 is 0 Å². The molecule has 0 spiro atoms. The molecule has 0 amide bonds. The molecule has 0 aliphatic carbocycles. The van der Waals surface area contributed by atoms with Crippen LogP contribution in [0.2, 0.25) is 0 Å². The molecule has 0 atom stereocenters. The first kappa shape index (κ1) is 18.5. The van der Waals surface area contributed by atoms with Crippen LogP contribution < -0.4 is 4.74 Å². The fraction of sp³-hybridized carbons (Fsp3) is 0.120. The Hall–Kier alpha value is -3.84. The number of hydrogen-bond acceptors (Lipinski definition) is 4. The number of hydrogen-bond donors (Lipinski definition) is 0. The number of nitriles is 1. The lowest BCUT2D eigenvalue weighted by Crippen LogP contribution is -2.03. The third-order valence-electron chi connectivity index (χ3n) is 4.59. The Morgan fingerprint density at radius 3 is 2.55 bits per heavy atom. The molecule has 0 saturated heterocycles. The van der Waals surface area contributed by atoms with E-state index in [9.17, 15) is 0 Å². The van der Waals surface area contributed by atoms with Gasteiger partial charge in [-0.15, -0.1) is 0 Å². The fourth-order valence-electron chi connectivity index (χ4n) is 3.10. The number of oxazole rings is 1. The lowest BCUT2D eigenvalue weighted by molar-refractivity contribution is 0.319. The highest BCUT2D eigenvalue weighted by Gasteiger charge is 2.12. The molecule has 0 unspecified atom stereocenters. The van der Waals surface area contributed by atoms with E-state index in [2.05, 4.69) is 41.4 Å². The van der Waals surface area contributed by atoms with Crippen molar-refractivity contribution >= 4 is 0 Å². The van der Waals surface area contributed by atoms with Gasteiger partial charge in [-0.1, -0.05) is 48.5 Å². The third-order valence-corrected chi connectivity index (χ3v) is 4.59. The first-order valence-electron chi connectivity index (χ1n) is 9.40. The second kappa shape index (κ2) is 8.45. The molecule has 0 aliphatic rings. The van der Waals surface area contributed by atoms with Crippen molar-refractivity contribution in [2.24, 2.45) is 0 Å². The molecular formula is C25H19N2O2. The van der Waals surface area contributed by atoms with E-state index in [4.69, 9.17) is 14.4 Å². The van der Waals surface area contributed by atoms with Gasteiger partial charge in [-0.2, -0.15) is 5.26 Å². The molecule has 4 nitrogen and oxygen atoms in total. The van der Waals surface area contributed by atoms with Crippen LogP contribution in [-0.4, -0.2) is 11.6 Å². The van der Waals surface area contributed by atoms with Gasteiger partial charge in [-0.3, -0.25) is 0 Å². The van der Waals surface area contributed by atoms with Crippen molar-refractivity contribution in [2.45, 2.75) is 13.3 Å². The van der Waals surface area contributed by atoms with Crippen LogP contribution in [0.25, 0.3) is 22.6 Å². The first-order valence-corrected chi connectivity index (χ1v) is 9.40. The van der Waals surface area contributed by atoms with E-state index >= 15 is 0 Å². The fourth-order valence-corrected chi connectivity index (χ4v) is 3.10. The van der Waals surface area contributed by atoms with Gasteiger partial charge in [0.2, 0.25) is 5.89 Å². The van der Waals surface area contributed by atoms with E-state index in [1.165, 1.54) is 0 Å². The minimum atomic E-state index is 0.433. The summed E-state index contributed by atoms with van der Waals surface area (Å²) in [4.78, 5) is 4.67. The Bertz CT molecular complexity index is 1160. The second-order valence-corrected chi connectivity index (χ2v) is 6.61. The zero-order valence-electron chi connectivity index (χ0n) is 16.1. The normalized spacial score (nSPS) is 10.5. The van der Waals surface area contributed by atoms with Gasteiger partial charge in [0, 0.05) is 18.1 Å². The van der Waals surface area contributed by atoms with Crippen LogP contribution in [0.5, 0.6) is 5.75 Å². The summed E-state index contributed by atoms with van der Waals surface area (Å²) in [5.74, 6) is 1.94. The van der Waals surface area contributed by atoms with Crippen molar-refractivity contribution < 1.29 is 9.15 Å². The molecule has 4 heteroatoms. The van der Waals surface area contributed by atoms with Crippen LogP contribution in [0.4, 0.5) is 0 Å². The van der Waals surface area contributed by atoms with Gasteiger partial charge in [0.05, 0.1) is 23.9 Å². The largest absolute Gasteiger partial charge is 0.492 e. The molecular weight excluding hydrogens is 360 g/mol. The Morgan fingerprint density at radius 2 is 1.72 bits per heavy atom. The van der Waals surface area contributed by atoms with E-state index in [1.807, 2.05) is 37.3 Å². The topological polar surface area (TPSA) is 59.1 Å². The Kier molecular flexibility index (Phi) is 5.40. The molecule has 0 fully saturated rings. The Balaban J connectivity index is 1.47. The summed E-state index contributed by atoms with van der Waals surface area (Å²) in [5.41, 5.74) is 4.54. The summed E-state index contributed by atoms with van der Waals surface area (Å²) in [6.07, 6.45) is 0.609. The molecule has 1 heterocycles. The quantitative estimate of drug-likeness (QED) is 0.437. The highest BCUT2D eigenvalue weighted by Crippen LogP contribution is 2.27. The summed E-state index contributed by atoms with van der Waals surface area (Å²) in [6, 6.07) is 28.7. The van der Waals surface area contributed by atoms with Crippen molar-refractivity contribution in [3.63, 3.8) is 0 Å². The number of aromatic nitrogens is 1. The summed E-state index contributed by atoms with van der Waals surface area (Å²) in [6.45, 7) is 2.34. The molecule has 4 aromatic rings. The molecule has 0 aliphatic heterocycles. The van der Waals surface area contributed by atoms with Crippen LogP contribution >= 0.6 is 0 Å². The molecule has 29 heavy (non-hydrogen) atoms. The predicted molar refractivity (Wildman–Crippen MR) is 111 cm³/mol. The molecule has 0 N–H and O–H groups in total. The summed E-state index contributed by atoms with van der Waals surface area (Å²) in [5, 5.41) is 8.95. The van der Waals surface area contributed by atoms with E-state index < -0.39 is 0 Å². The molecule has 4 rings (SSSR count). The van der Waals surface area contributed by atoms with Gasteiger partial charge in [-0.25, -0.2) is 4.98 Å². The monoisotopic (exact) mass is 379 g/mol. The highest BCUT2D eigenvalue weighted by atomic mass is 16.5. The lowest BCUT2D eigenvalue weighted by atomic mass is 10.0. The summed E-state index contributed by atoms with van der Waals surface area (Å²) < 4.78 is 11.6. The van der Waals surface area contributed by atoms with Crippen LogP contribution in [0.15, 0.2) is 77.2 Å². The zero-order chi connectivity index (χ0) is 20.1. The van der Waals surface area contributed by atoms with Crippen molar-refractivity contribution in [3.8, 4) is 34.4 Å². The van der Waals surface area contributed by atoms with Gasteiger partial charge in [0.1, 0.15) is 11.5 Å². The number of ether oxygens (including phenoxy) is 1. The number of rotatable bonds is 6. The second-order valence-electron chi connectivity index (χ2n) is 6.61. The smallest absolute Gasteiger partial charge is 0.226 e. The number of benzene rings is 3. The van der Waals surface area contributed by atoms with Crippen LogP contribution in [0.3, 0.4) is 0 Å². The lowest BCUT2D eigenvalue weighted by Gasteiger charge is -2.04. The average molecular weight is 379 g/mol. The average Bonchev–Trinajstić information content (AvgIpc) is 3.15. The van der Waals surface area contributed by atoms with Crippen LogP contribution in [0, 0.1) is 24.3 Å². The van der Waals surface area contributed by atoms with Gasteiger partial charge < -0.3 is 9.15 Å². The van der Waals surface area contributed by atoms with E-state index in [0.29, 0.717) is 30.2 Å². The maximum Gasteiger partial charge on any atom is 0.226 e. The first-order chi connectivity index (χ1) is 14.2. The maximum absolute atomic E-state index is 8.95. The maximum atomic E-state index is 8.95. The molecule has 141 valence electrons. The minimum Gasteiger partial charge on any atom is -0.492 e. The van der Waals surface area contributed by atoms with Crippen LogP contribution in [0.1, 0.15) is 17.0 Å². The molecule has 1 radical (unpaired) electrons. The van der Waals surface area contributed by atoms with E-state index in [-0.39, 0.29) is 0 Å². The molecule has 0 saturated carbocycles. The molecule has 3 aromatic carbocycles. The summed E-state index contributed by atoms with van der Waals surface area (Å²) >= 11 is 0. The Morgan fingerprint density at radius 1 is 0.966 bits per heavy atom. The minimum absolute atomic E-state index is 0.433. The van der Waals surface area contributed by atoms with Crippen molar-refractivity contribution in [3.05, 3.63) is 95.9 Å². The standard InChI is InChI=1S/C25H19N2O2/c1-18-24(13-14-28-23-12-5-7-19(15-23)17-26)27-25(29-18)22-11-6-10-21(16-22)20-8-3-2-4-9-20/h2-12,16H,13-14H2,1H3.